The summed E-state index contributed by atoms with van der Waals surface area (Å²) in [7, 11) is 0. The molecule has 0 radical (unpaired) electrons. The number of halogens is 2. The van der Waals surface area contributed by atoms with Gasteiger partial charge < -0.3 is 5.32 Å². The van der Waals surface area contributed by atoms with Crippen molar-refractivity contribution in [2.45, 2.75) is 45.6 Å². The van der Waals surface area contributed by atoms with Crippen LogP contribution in [0, 0.1) is 11.6 Å². The Morgan fingerprint density at radius 2 is 1.41 bits per heavy atom. The minimum absolute atomic E-state index is 0.0494. The molecule has 32 heavy (non-hydrogen) atoms. The van der Waals surface area contributed by atoms with Gasteiger partial charge >= 0.3 is 0 Å². The van der Waals surface area contributed by atoms with Crippen molar-refractivity contribution in [3.05, 3.63) is 71.6 Å². The van der Waals surface area contributed by atoms with Gasteiger partial charge in [0.05, 0.1) is 5.69 Å². The number of nitrogens with zero attached hydrogens (tertiary/aromatic N) is 3. The zero-order valence-electron chi connectivity index (χ0n) is 18.5. The number of hydrogen-bond donors (Lipinski definition) is 2. The van der Waals surface area contributed by atoms with Crippen molar-refractivity contribution in [2.75, 3.05) is 5.32 Å². The number of amides is 2. The summed E-state index contributed by atoms with van der Waals surface area (Å²) in [6.45, 7) is 8.89. The van der Waals surface area contributed by atoms with Gasteiger partial charge in [0.15, 0.2) is 0 Å². The lowest BCUT2D eigenvalue weighted by Gasteiger charge is -2.24. The molecule has 1 aromatic heterocycles. The first-order chi connectivity index (χ1) is 14.9. The Balaban J connectivity index is 1.82. The summed E-state index contributed by atoms with van der Waals surface area (Å²) >= 11 is 0. The zero-order valence-corrected chi connectivity index (χ0v) is 18.5. The first-order valence-corrected chi connectivity index (χ1v) is 10.00. The van der Waals surface area contributed by atoms with Gasteiger partial charge in [-0.25, -0.2) is 13.5 Å². The van der Waals surface area contributed by atoms with E-state index in [1.54, 1.807) is 16.8 Å². The molecule has 0 spiro atoms. The molecular weight excluding hydrogens is 416 g/mol. The molecule has 2 N–H and O–H groups in total. The molecule has 0 saturated heterocycles. The largest absolute Gasteiger partial charge is 0.338 e. The molecule has 9 heteroatoms. The highest BCUT2D eigenvalue weighted by atomic mass is 19.1. The lowest BCUT2D eigenvalue weighted by atomic mass is 9.95. The van der Waals surface area contributed by atoms with E-state index in [0.717, 1.165) is 0 Å². The summed E-state index contributed by atoms with van der Waals surface area (Å²) < 4.78 is 28.0. The minimum Gasteiger partial charge on any atom is -0.338 e. The summed E-state index contributed by atoms with van der Waals surface area (Å²) in [5, 5.41) is 9.63. The van der Waals surface area contributed by atoms with Crippen molar-refractivity contribution < 1.29 is 18.4 Å². The Labute approximate surface area is 184 Å². The second kappa shape index (κ2) is 8.49. The third-order valence-corrected chi connectivity index (χ3v) is 4.67. The van der Waals surface area contributed by atoms with Gasteiger partial charge in [0.1, 0.15) is 23.0 Å². The summed E-state index contributed by atoms with van der Waals surface area (Å²) in [6.07, 6.45) is 0. The van der Waals surface area contributed by atoms with Gasteiger partial charge in [0, 0.05) is 11.0 Å². The van der Waals surface area contributed by atoms with E-state index >= 15 is 0 Å². The monoisotopic (exact) mass is 441 g/mol. The van der Waals surface area contributed by atoms with Gasteiger partial charge in [-0.1, -0.05) is 20.8 Å². The van der Waals surface area contributed by atoms with E-state index in [2.05, 4.69) is 20.7 Å². The summed E-state index contributed by atoms with van der Waals surface area (Å²) in [6, 6.07) is 10.8. The highest BCUT2D eigenvalue weighted by Gasteiger charge is 2.32. The molecule has 1 heterocycles. The molecular formula is C23H25F2N5O2. The maximum Gasteiger partial charge on any atom is 0.252 e. The number of benzene rings is 2. The Bertz CT molecular complexity index is 1130. The Morgan fingerprint density at radius 3 is 1.94 bits per heavy atom. The van der Waals surface area contributed by atoms with Gasteiger partial charge in [0.2, 0.25) is 5.95 Å². The van der Waals surface area contributed by atoms with E-state index < -0.39 is 28.6 Å². The highest BCUT2D eigenvalue weighted by Crippen LogP contribution is 2.25. The fourth-order valence-corrected chi connectivity index (χ4v) is 2.88. The fraction of sp³-hybridized carbons (Fsp3) is 0.304. The first-order valence-electron chi connectivity index (χ1n) is 10.00. The topological polar surface area (TPSA) is 88.9 Å². The number of nitrogens with one attached hydrogen (secondary N) is 2. The SMILES string of the molecule is CC(C)(NC(=O)c1ccc(F)cc1)C(=O)Nc1nc(C(C)(C)C)n(-c2ccc(F)cc2)n1. The van der Waals surface area contributed by atoms with Crippen LogP contribution in [0.25, 0.3) is 5.69 Å². The van der Waals surface area contributed by atoms with Crippen LogP contribution >= 0.6 is 0 Å². The number of carbonyl (C=O) groups is 2. The quantitative estimate of drug-likeness (QED) is 0.627. The molecule has 3 rings (SSSR count). The van der Waals surface area contributed by atoms with Crippen LogP contribution in [0.4, 0.5) is 14.7 Å². The molecule has 0 saturated carbocycles. The predicted octanol–water partition coefficient (Wildman–Crippen LogP) is 3.99. The van der Waals surface area contributed by atoms with Crippen molar-refractivity contribution in [2.24, 2.45) is 0 Å². The van der Waals surface area contributed by atoms with Gasteiger partial charge in [-0.05, 0) is 62.4 Å². The lowest BCUT2D eigenvalue weighted by Crippen LogP contribution is -2.52. The van der Waals surface area contributed by atoms with Crippen LogP contribution in [0.1, 0.15) is 50.8 Å². The molecule has 7 nitrogen and oxygen atoms in total. The second-order valence-electron chi connectivity index (χ2n) is 8.94. The van der Waals surface area contributed by atoms with Gasteiger partial charge in [-0.15, -0.1) is 5.10 Å². The van der Waals surface area contributed by atoms with E-state index in [9.17, 15) is 18.4 Å². The van der Waals surface area contributed by atoms with Crippen molar-refractivity contribution >= 4 is 17.8 Å². The third-order valence-electron chi connectivity index (χ3n) is 4.67. The molecule has 0 aliphatic carbocycles. The molecule has 2 amide bonds. The molecule has 0 bridgehead atoms. The van der Waals surface area contributed by atoms with Crippen LogP contribution in [-0.4, -0.2) is 32.1 Å². The average molecular weight is 441 g/mol. The molecule has 0 fully saturated rings. The normalized spacial score (nSPS) is 11.8. The highest BCUT2D eigenvalue weighted by molar-refractivity contribution is 6.02. The smallest absolute Gasteiger partial charge is 0.252 e. The van der Waals surface area contributed by atoms with Crippen molar-refractivity contribution in [3.63, 3.8) is 0 Å². The van der Waals surface area contributed by atoms with Crippen LogP contribution in [0.3, 0.4) is 0 Å². The van der Waals surface area contributed by atoms with Crippen molar-refractivity contribution in [1.82, 2.24) is 20.1 Å². The number of aromatic nitrogens is 3. The zero-order chi connectivity index (χ0) is 23.7. The molecule has 3 aromatic rings. The number of hydrogen-bond acceptors (Lipinski definition) is 4. The molecule has 2 aromatic carbocycles. The summed E-state index contributed by atoms with van der Waals surface area (Å²) in [4.78, 5) is 29.8. The van der Waals surface area contributed by atoms with Crippen LogP contribution in [0.2, 0.25) is 0 Å². The van der Waals surface area contributed by atoms with Crippen LogP contribution in [0.15, 0.2) is 48.5 Å². The van der Waals surface area contributed by atoms with Crippen molar-refractivity contribution in [1.29, 1.82) is 0 Å². The van der Waals surface area contributed by atoms with Crippen molar-refractivity contribution in [3.8, 4) is 5.69 Å². The van der Waals surface area contributed by atoms with Gasteiger partial charge in [-0.3, -0.25) is 14.9 Å². The molecule has 0 aliphatic rings. The fourth-order valence-electron chi connectivity index (χ4n) is 2.88. The van der Waals surface area contributed by atoms with Gasteiger partial charge in [-0.2, -0.15) is 4.98 Å². The lowest BCUT2D eigenvalue weighted by molar-refractivity contribution is -0.121. The van der Waals surface area contributed by atoms with E-state index in [1.165, 1.54) is 50.2 Å². The van der Waals surface area contributed by atoms with E-state index in [0.29, 0.717) is 11.5 Å². The Morgan fingerprint density at radius 1 is 0.875 bits per heavy atom. The molecule has 168 valence electrons. The van der Waals surface area contributed by atoms with E-state index in [-0.39, 0.29) is 17.3 Å². The Kier molecular flexibility index (Phi) is 6.11. The van der Waals surface area contributed by atoms with E-state index in [1.807, 2.05) is 20.8 Å². The number of carbonyl (C=O) groups excluding carboxylic acids is 2. The average Bonchev–Trinajstić information content (AvgIpc) is 3.13. The minimum atomic E-state index is -1.31. The second-order valence-corrected chi connectivity index (χ2v) is 8.94. The summed E-state index contributed by atoms with van der Waals surface area (Å²) in [5.41, 5.74) is -0.917. The van der Waals surface area contributed by atoms with Crippen LogP contribution in [-0.2, 0) is 10.2 Å². The standard InChI is InChI=1S/C23H25F2N5O2/c1-22(2,3)19-26-21(29-30(19)17-12-10-16(25)11-13-17)27-20(32)23(4,5)28-18(31)14-6-8-15(24)9-7-14/h6-13H,1-5H3,(H,28,31)(H,27,29,32). The van der Waals surface area contributed by atoms with Crippen LogP contribution in [0.5, 0.6) is 0 Å². The predicted molar refractivity (Wildman–Crippen MR) is 117 cm³/mol. The first kappa shape index (κ1) is 23.1. The van der Waals surface area contributed by atoms with E-state index in [4.69, 9.17) is 0 Å². The number of anilines is 1. The third kappa shape index (κ3) is 5.16. The molecule has 0 aliphatic heterocycles. The van der Waals surface area contributed by atoms with Crippen LogP contribution < -0.4 is 10.6 Å². The number of rotatable bonds is 5. The Hall–Kier alpha value is -3.62. The molecule has 0 atom stereocenters. The van der Waals surface area contributed by atoms with Gasteiger partial charge in [0.25, 0.3) is 11.8 Å². The maximum atomic E-state index is 13.3. The molecule has 0 unspecified atom stereocenters. The summed E-state index contributed by atoms with van der Waals surface area (Å²) in [5.74, 6) is -1.29. The maximum absolute atomic E-state index is 13.3.